The van der Waals surface area contributed by atoms with Gasteiger partial charge in [0.2, 0.25) is 5.91 Å². The van der Waals surface area contributed by atoms with E-state index in [0.717, 1.165) is 11.1 Å². The maximum Gasteiger partial charge on any atom is 0.306 e. The highest BCUT2D eigenvalue weighted by Gasteiger charge is 2.14. The molecule has 0 fully saturated rings. The van der Waals surface area contributed by atoms with Crippen LogP contribution in [-0.2, 0) is 27.3 Å². The number of amides is 2. The van der Waals surface area contributed by atoms with E-state index in [0.29, 0.717) is 24.2 Å². The second-order valence-electron chi connectivity index (χ2n) is 7.73. The van der Waals surface area contributed by atoms with E-state index in [9.17, 15) is 14.4 Å². The standard InChI is InChI=1S/C27H28N2O4/c1-29(20-22-11-6-3-7-12-22)27(32)23-13-8-14-24(19-23)28-25(30)15-16-26(31)33-18-17-21-9-4-2-5-10-21/h2-14,19H,15-18,20H2,1H3,(H,28,30). The molecule has 6 nitrogen and oxygen atoms in total. The molecular formula is C27H28N2O4. The van der Waals surface area contributed by atoms with Crippen LogP contribution in [0.25, 0.3) is 0 Å². The van der Waals surface area contributed by atoms with Gasteiger partial charge in [0.25, 0.3) is 5.91 Å². The zero-order valence-corrected chi connectivity index (χ0v) is 18.7. The van der Waals surface area contributed by atoms with Gasteiger partial charge in [0.1, 0.15) is 0 Å². The zero-order valence-electron chi connectivity index (χ0n) is 18.7. The van der Waals surface area contributed by atoms with Crippen molar-refractivity contribution in [3.05, 3.63) is 102 Å². The molecule has 0 spiro atoms. The molecule has 0 aromatic heterocycles. The first-order valence-electron chi connectivity index (χ1n) is 10.9. The number of esters is 1. The Morgan fingerprint density at radius 1 is 0.818 bits per heavy atom. The average Bonchev–Trinajstić information content (AvgIpc) is 2.84. The van der Waals surface area contributed by atoms with E-state index < -0.39 is 5.97 Å². The molecule has 6 heteroatoms. The van der Waals surface area contributed by atoms with Crippen LogP contribution >= 0.6 is 0 Å². The number of rotatable bonds is 10. The monoisotopic (exact) mass is 444 g/mol. The van der Waals surface area contributed by atoms with Crippen molar-refractivity contribution in [3.63, 3.8) is 0 Å². The summed E-state index contributed by atoms with van der Waals surface area (Å²) in [7, 11) is 1.74. The fraction of sp³-hybridized carbons (Fsp3) is 0.222. The van der Waals surface area contributed by atoms with Crippen molar-refractivity contribution in [2.45, 2.75) is 25.8 Å². The third-order valence-corrected chi connectivity index (χ3v) is 5.06. The lowest BCUT2D eigenvalue weighted by atomic mass is 10.1. The van der Waals surface area contributed by atoms with Crippen molar-refractivity contribution in [1.82, 2.24) is 4.90 Å². The van der Waals surface area contributed by atoms with Gasteiger partial charge in [-0.05, 0) is 29.3 Å². The summed E-state index contributed by atoms with van der Waals surface area (Å²) < 4.78 is 5.20. The highest BCUT2D eigenvalue weighted by Crippen LogP contribution is 2.14. The maximum absolute atomic E-state index is 12.8. The highest BCUT2D eigenvalue weighted by molar-refractivity contribution is 5.97. The van der Waals surface area contributed by atoms with Gasteiger partial charge < -0.3 is 15.0 Å². The molecule has 3 aromatic rings. The second-order valence-corrected chi connectivity index (χ2v) is 7.73. The summed E-state index contributed by atoms with van der Waals surface area (Å²) in [6, 6.07) is 26.3. The number of benzene rings is 3. The molecule has 170 valence electrons. The lowest BCUT2D eigenvalue weighted by Crippen LogP contribution is -2.26. The fourth-order valence-corrected chi connectivity index (χ4v) is 3.32. The Morgan fingerprint density at radius 2 is 1.48 bits per heavy atom. The Morgan fingerprint density at radius 3 is 2.18 bits per heavy atom. The lowest BCUT2D eigenvalue weighted by molar-refractivity contribution is -0.144. The Kier molecular flexibility index (Phi) is 8.77. The topological polar surface area (TPSA) is 75.7 Å². The number of anilines is 1. The molecule has 0 heterocycles. The molecule has 3 aromatic carbocycles. The molecule has 1 N–H and O–H groups in total. The number of ether oxygens (including phenoxy) is 1. The third-order valence-electron chi connectivity index (χ3n) is 5.06. The molecule has 0 aliphatic carbocycles. The zero-order chi connectivity index (χ0) is 23.5. The quantitative estimate of drug-likeness (QED) is 0.469. The number of nitrogens with one attached hydrogen (secondary N) is 1. The molecule has 0 radical (unpaired) electrons. The normalized spacial score (nSPS) is 10.3. The van der Waals surface area contributed by atoms with Crippen LogP contribution in [0.3, 0.4) is 0 Å². The van der Waals surface area contributed by atoms with Gasteiger partial charge in [-0.3, -0.25) is 14.4 Å². The van der Waals surface area contributed by atoms with Crippen LogP contribution in [0.1, 0.15) is 34.3 Å². The smallest absolute Gasteiger partial charge is 0.306 e. The molecule has 0 aliphatic heterocycles. The number of nitrogens with zero attached hydrogens (tertiary/aromatic N) is 1. The van der Waals surface area contributed by atoms with Gasteiger partial charge in [0.15, 0.2) is 0 Å². The molecular weight excluding hydrogens is 416 g/mol. The van der Waals surface area contributed by atoms with Gasteiger partial charge >= 0.3 is 5.97 Å². The molecule has 0 aliphatic rings. The minimum absolute atomic E-state index is 0.000935. The van der Waals surface area contributed by atoms with E-state index in [1.807, 2.05) is 60.7 Å². The number of hydrogen-bond acceptors (Lipinski definition) is 4. The SMILES string of the molecule is CN(Cc1ccccc1)C(=O)c1cccc(NC(=O)CCC(=O)OCCc2ccccc2)c1. The summed E-state index contributed by atoms with van der Waals surface area (Å²) in [5.41, 5.74) is 3.11. The summed E-state index contributed by atoms with van der Waals surface area (Å²) in [6.45, 7) is 0.772. The Bertz CT molecular complexity index is 1070. The molecule has 0 atom stereocenters. The van der Waals surface area contributed by atoms with Crippen LogP contribution in [0, 0.1) is 0 Å². The first-order chi connectivity index (χ1) is 16.0. The summed E-state index contributed by atoms with van der Waals surface area (Å²) in [5.74, 6) is -0.859. The second kappa shape index (κ2) is 12.2. The van der Waals surface area contributed by atoms with Crippen molar-refractivity contribution >= 4 is 23.5 Å². The van der Waals surface area contributed by atoms with Gasteiger partial charge in [-0.25, -0.2) is 0 Å². The van der Waals surface area contributed by atoms with E-state index in [-0.39, 0.29) is 31.3 Å². The number of hydrogen-bond donors (Lipinski definition) is 1. The summed E-state index contributed by atoms with van der Waals surface area (Å²) >= 11 is 0. The molecule has 2 amide bonds. The van der Waals surface area contributed by atoms with E-state index in [1.165, 1.54) is 0 Å². The van der Waals surface area contributed by atoms with Crippen LogP contribution < -0.4 is 5.32 Å². The summed E-state index contributed by atoms with van der Waals surface area (Å²) in [6.07, 6.45) is 0.646. The predicted molar refractivity (Wildman–Crippen MR) is 128 cm³/mol. The first-order valence-corrected chi connectivity index (χ1v) is 10.9. The van der Waals surface area contributed by atoms with Crippen LogP contribution in [0.5, 0.6) is 0 Å². The first kappa shape index (κ1) is 23.7. The molecule has 3 rings (SSSR count). The summed E-state index contributed by atoms with van der Waals surface area (Å²) in [4.78, 5) is 38.5. The largest absolute Gasteiger partial charge is 0.465 e. The average molecular weight is 445 g/mol. The Labute approximate surface area is 194 Å². The Hall–Kier alpha value is -3.93. The van der Waals surface area contributed by atoms with Gasteiger partial charge in [-0.1, -0.05) is 66.7 Å². The van der Waals surface area contributed by atoms with E-state index >= 15 is 0 Å². The van der Waals surface area contributed by atoms with Crippen LogP contribution in [-0.4, -0.2) is 36.3 Å². The molecule has 0 saturated carbocycles. The van der Waals surface area contributed by atoms with E-state index in [4.69, 9.17) is 4.74 Å². The van der Waals surface area contributed by atoms with Gasteiger partial charge in [0, 0.05) is 37.7 Å². The summed E-state index contributed by atoms with van der Waals surface area (Å²) in [5, 5.41) is 2.75. The van der Waals surface area contributed by atoms with Gasteiger partial charge in [-0.2, -0.15) is 0 Å². The van der Waals surface area contributed by atoms with Crippen molar-refractivity contribution in [2.24, 2.45) is 0 Å². The van der Waals surface area contributed by atoms with Gasteiger partial charge in [-0.15, -0.1) is 0 Å². The third kappa shape index (κ3) is 7.92. The fourth-order valence-electron chi connectivity index (χ4n) is 3.32. The van der Waals surface area contributed by atoms with Crippen LogP contribution in [0.15, 0.2) is 84.9 Å². The minimum Gasteiger partial charge on any atom is -0.465 e. The number of carbonyl (C=O) groups is 3. The lowest BCUT2D eigenvalue weighted by Gasteiger charge is -2.18. The van der Waals surface area contributed by atoms with Crippen molar-refractivity contribution in [2.75, 3.05) is 19.0 Å². The van der Waals surface area contributed by atoms with E-state index in [1.54, 1.807) is 36.2 Å². The predicted octanol–water partition coefficient (Wildman–Crippen LogP) is 4.46. The highest BCUT2D eigenvalue weighted by atomic mass is 16.5. The van der Waals surface area contributed by atoms with Crippen LogP contribution in [0.4, 0.5) is 5.69 Å². The Balaban J connectivity index is 1.43. The molecule has 0 saturated heterocycles. The van der Waals surface area contributed by atoms with Crippen molar-refractivity contribution in [3.8, 4) is 0 Å². The molecule has 0 bridgehead atoms. The van der Waals surface area contributed by atoms with Gasteiger partial charge in [0.05, 0.1) is 13.0 Å². The minimum atomic E-state index is -0.410. The number of carbonyl (C=O) groups excluding carboxylic acids is 3. The van der Waals surface area contributed by atoms with Crippen molar-refractivity contribution in [1.29, 1.82) is 0 Å². The van der Waals surface area contributed by atoms with Crippen molar-refractivity contribution < 1.29 is 19.1 Å². The maximum atomic E-state index is 12.8. The van der Waals surface area contributed by atoms with E-state index in [2.05, 4.69) is 5.32 Å². The van der Waals surface area contributed by atoms with Crippen LogP contribution in [0.2, 0.25) is 0 Å². The molecule has 0 unspecified atom stereocenters. The molecule has 33 heavy (non-hydrogen) atoms.